The lowest BCUT2D eigenvalue weighted by Crippen LogP contribution is -2.33. The van der Waals surface area contributed by atoms with Gasteiger partial charge in [-0.15, -0.1) is 0 Å². The normalized spacial score (nSPS) is 20.1. The van der Waals surface area contributed by atoms with E-state index in [2.05, 4.69) is 20.3 Å². The minimum atomic E-state index is -2.92. The monoisotopic (exact) mass is 504 g/mol. The average Bonchev–Trinajstić information content (AvgIpc) is 3.44. The number of aliphatic hydroxyl groups is 1. The molecule has 35 heavy (non-hydrogen) atoms. The molecule has 10 nitrogen and oxygen atoms in total. The van der Waals surface area contributed by atoms with Crippen molar-refractivity contribution in [3.63, 3.8) is 0 Å². The summed E-state index contributed by atoms with van der Waals surface area (Å²) < 4.78 is 35.8. The van der Waals surface area contributed by atoms with Crippen LogP contribution in [-0.2, 0) is 16.3 Å². The van der Waals surface area contributed by atoms with Gasteiger partial charge in [0.05, 0.1) is 30.8 Å². The second kappa shape index (κ2) is 10.2. The predicted molar refractivity (Wildman–Crippen MR) is 129 cm³/mol. The van der Waals surface area contributed by atoms with Gasteiger partial charge in [-0.3, -0.25) is 9.78 Å². The van der Waals surface area contributed by atoms with Crippen LogP contribution in [0.15, 0.2) is 30.7 Å². The minimum Gasteiger partial charge on any atom is -0.395 e. The number of pyridine rings is 1. The van der Waals surface area contributed by atoms with Crippen LogP contribution in [0.25, 0.3) is 5.65 Å². The van der Waals surface area contributed by atoms with E-state index in [1.807, 2.05) is 19.2 Å². The first-order valence-corrected chi connectivity index (χ1v) is 13.6. The number of carbonyl (C=O) groups is 1. The Hall–Kier alpha value is -3.12. The van der Waals surface area contributed by atoms with Crippen LogP contribution in [0.2, 0.25) is 0 Å². The molecule has 0 spiro atoms. The summed E-state index contributed by atoms with van der Waals surface area (Å²) in [5, 5.41) is 15.3. The number of aromatic nitrogens is 4. The van der Waals surface area contributed by atoms with E-state index in [1.54, 1.807) is 16.8 Å². The quantitative estimate of drug-likeness (QED) is 0.539. The molecule has 1 saturated heterocycles. The predicted octanol–water partition coefficient (Wildman–Crippen LogP) is 1.69. The Morgan fingerprint density at radius 3 is 2.80 bits per heavy atom. The zero-order valence-corrected chi connectivity index (χ0v) is 20.5. The van der Waals surface area contributed by atoms with Crippen molar-refractivity contribution in [3.8, 4) is 0 Å². The van der Waals surface area contributed by atoms with Gasteiger partial charge >= 0.3 is 0 Å². The molecular weight excluding hydrogens is 475 g/mol. The molecule has 2 bridgehead atoms. The van der Waals surface area contributed by atoms with Crippen LogP contribution in [0.1, 0.15) is 53.8 Å². The van der Waals surface area contributed by atoms with Crippen molar-refractivity contribution in [3.05, 3.63) is 53.4 Å². The zero-order chi connectivity index (χ0) is 25.2. The second-order valence-corrected chi connectivity index (χ2v) is 11.2. The largest absolute Gasteiger partial charge is 0.395 e. The lowest BCUT2D eigenvalue weighted by atomic mass is 9.98. The molecule has 3 aromatic heterocycles. The van der Waals surface area contributed by atoms with Crippen molar-refractivity contribution in [2.24, 2.45) is 0 Å². The van der Waals surface area contributed by atoms with Gasteiger partial charge in [0.1, 0.15) is 27.0 Å². The van der Waals surface area contributed by atoms with Gasteiger partial charge in [0.25, 0.3) is 5.91 Å². The van der Waals surface area contributed by atoms with Gasteiger partial charge in [-0.2, -0.15) is 5.10 Å². The summed E-state index contributed by atoms with van der Waals surface area (Å²) in [6, 6.07) is 3.48. The number of nitrogens with zero attached hydrogens (tertiary/aromatic N) is 5. The van der Waals surface area contributed by atoms with Gasteiger partial charge < -0.3 is 15.3 Å². The first-order valence-electron chi connectivity index (χ1n) is 11.5. The summed E-state index contributed by atoms with van der Waals surface area (Å²) in [5.74, 6) is 0.133. The third-order valence-corrected chi connectivity index (χ3v) is 7.05. The molecule has 1 amide bonds. The molecule has 5 heterocycles. The highest BCUT2D eigenvalue weighted by Crippen LogP contribution is 2.37. The van der Waals surface area contributed by atoms with Crippen molar-refractivity contribution >= 4 is 27.2 Å². The number of hydrogen-bond donors (Lipinski definition) is 2. The lowest BCUT2D eigenvalue weighted by molar-refractivity contribution is 0.0940. The minimum absolute atomic E-state index is 0.0271. The maximum Gasteiger partial charge on any atom is 0.256 e. The molecule has 2 aliphatic rings. The van der Waals surface area contributed by atoms with Gasteiger partial charge in [-0.25, -0.2) is 22.3 Å². The van der Waals surface area contributed by atoms with E-state index in [0.717, 1.165) is 49.1 Å². The molecule has 0 saturated carbocycles. The number of carbonyl (C=O) groups excluding carboxylic acids is 1. The van der Waals surface area contributed by atoms with E-state index in [0.29, 0.717) is 17.6 Å². The molecule has 188 valence electrons. The summed E-state index contributed by atoms with van der Waals surface area (Å²) in [7, 11) is -2.92. The molecular formula is C23H29FN6O4S. The van der Waals surface area contributed by atoms with Gasteiger partial charge in [-0.1, -0.05) is 0 Å². The second-order valence-electron chi connectivity index (χ2n) is 8.92. The number of halogens is 1. The fourth-order valence-electron chi connectivity index (χ4n) is 4.42. The molecule has 3 aromatic rings. The Bertz CT molecular complexity index is 1330. The molecule has 5 rings (SSSR count). The molecule has 0 radical (unpaired) electrons. The SMILES string of the molecule is CS(=O)(=O)CCO.C[C@@H]1CCc2ncc(F)cc2[C@H]2CCCN2c2ccn3ncc(c3n2)C(=O)N1. The van der Waals surface area contributed by atoms with E-state index in [4.69, 9.17) is 10.1 Å². The number of hydrogen-bond acceptors (Lipinski definition) is 8. The van der Waals surface area contributed by atoms with E-state index in [9.17, 15) is 17.6 Å². The van der Waals surface area contributed by atoms with Crippen LogP contribution in [0.3, 0.4) is 0 Å². The van der Waals surface area contributed by atoms with Gasteiger partial charge in [0, 0.05) is 30.7 Å². The van der Waals surface area contributed by atoms with Crippen molar-refractivity contribution in [1.82, 2.24) is 24.9 Å². The Labute approximate surface area is 203 Å². The number of fused-ring (bicyclic) bond motifs is 5. The number of aryl methyl sites for hydroxylation is 1. The van der Waals surface area contributed by atoms with Crippen molar-refractivity contribution in [2.45, 2.75) is 44.7 Å². The van der Waals surface area contributed by atoms with Gasteiger partial charge in [0.2, 0.25) is 0 Å². The fraction of sp³-hybridized carbons (Fsp3) is 0.478. The first-order chi connectivity index (χ1) is 16.7. The van der Waals surface area contributed by atoms with E-state index >= 15 is 0 Å². The van der Waals surface area contributed by atoms with E-state index in [-0.39, 0.29) is 36.2 Å². The first kappa shape index (κ1) is 25.0. The Morgan fingerprint density at radius 2 is 2.09 bits per heavy atom. The number of amides is 1. The maximum absolute atomic E-state index is 14.1. The third-order valence-electron chi connectivity index (χ3n) is 6.13. The topological polar surface area (TPSA) is 130 Å². The molecule has 2 N–H and O–H groups in total. The number of nitrogens with one attached hydrogen (secondary N) is 1. The number of aliphatic hydroxyl groups excluding tert-OH is 1. The molecule has 0 unspecified atom stereocenters. The standard InChI is InChI=1S/C20H21FN6O.C3H8O3S/c1-12-4-5-16-14(9-13(21)10-22-16)17-3-2-7-26(17)18-6-8-27-19(25-18)15(11-23-27)20(28)24-12;1-7(5,6)3-2-4/h6,8-12,17H,2-5,7H2,1H3,(H,24,28);4H,2-3H2,1H3/t12-,17-;/m1./s1. The number of rotatable bonds is 2. The van der Waals surface area contributed by atoms with Gasteiger partial charge in [-0.05, 0) is 50.3 Å². The molecule has 1 fully saturated rings. The van der Waals surface area contributed by atoms with Crippen LogP contribution in [0, 0.1) is 5.82 Å². The highest BCUT2D eigenvalue weighted by Gasteiger charge is 2.31. The summed E-state index contributed by atoms with van der Waals surface area (Å²) >= 11 is 0. The third kappa shape index (κ3) is 5.76. The molecule has 0 aromatic carbocycles. The smallest absolute Gasteiger partial charge is 0.256 e. The maximum atomic E-state index is 14.1. The van der Waals surface area contributed by atoms with Crippen LogP contribution in [0.5, 0.6) is 0 Å². The Kier molecular flexibility index (Phi) is 7.31. The Balaban J connectivity index is 0.000000364. The van der Waals surface area contributed by atoms with Crippen LogP contribution < -0.4 is 10.2 Å². The van der Waals surface area contributed by atoms with E-state index < -0.39 is 9.84 Å². The van der Waals surface area contributed by atoms with Crippen LogP contribution >= 0.6 is 0 Å². The fourth-order valence-corrected chi connectivity index (χ4v) is 4.75. The summed E-state index contributed by atoms with van der Waals surface area (Å²) in [4.78, 5) is 24.1. The molecule has 2 atom stereocenters. The summed E-state index contributed by atoms with van der Waals surface area (Å²) in [5.41, 5.74) is 2.81. The highest BCUT2D eigenvalue weighted by molar-refractivity contribution is 7.90. The lowest BCUT2D eigenvalue weighted by Gasteiger charge is -2.27. The van der Waals surface area contributed by atoms with Crippen LogP contribution in [0.4, 0.5) is 10.2 Å². The summed E-state index contributed by atoms with van der Waals surface area (Å²) in [6.45, 7) is 2.52. The average molecular weight is 505 g/mol. The molecule has 0 aliphatic carbocycles. The van der Waals surface area contributed by atoms with Crippen molar-refractivity contribution in [2.75, 3.05) is 30.1 Å². The van der Waals surface area contributed by atoms with Crippen LogP contribution in [-0.4, -0.2) is 70.2 Å². The zero-order valence-electron chi connectivity index (χ0n) is 19.7. The van der Waals surface area contributed by atoms with Crippen molar-refractivity contribution in [1.29, 1.82) is 0 Å². The van der Waals surface area contributed by atoms with Crippen molar-refractivity contribution < 1.29 is 22.7 Å². The number of sulfone groups is 1. The van der Waals surface area contributed by atoms with Gasteiger partial charge in [0.15, 0.2) is 5.65 Å². The highest BCUT2D eigenvalue weighted by atomic mass is 32.2. The number of anilines is 1. The Morgan fingerprint density at radius 1 is 1.29 bits per heavy atom. The summed E-state index contributed by atoms with van der Waals surface area (Å²) in [6.07, 6.45) is 9.05. The molecule has 2 aliphatic heterocycles. The van der Waals surface area contributed by atoms with E-state index in [1.165, 1.54) is 6.20 Å². The molecule has 12 heteroatoms.